The van der Waals surface area contributed by atoms with E-state index in [-0.39, 0.29) is 0 Å². The molecule has 0 saturated heterocycles. The molecule has 2 rings (SSSR count). The zero-order valence-corrected chi connectivity index (χ0v) is 10.1. The van der Waals surface area contributed by atoms with Crippen LogP contribution in [0.4, 0.5) is 10.1 Å². The highest BCUT2D eigenvalue weighted by Gasteiger charge is 2.26. The van der Waals surface area contributed by atoms with Crippen LogP contribution < -0.4 is 5.32 Å². The molecule has 0 fully saturated rings. The number of benzene rings is 1. The summed E-state index contributed by atoms with van der Waals surface area (Å²) in [6.45, 7) is 2.42. The number of hydrogen-bond acceptors (Lipinski definition) is 3. The van der Waals surface area contributed by atoms with Crippen LogP contribution in [0.1, 0.15) is 13.8 Å². The molecule has 0 saturated carbocycles. The van der Waals surface area contributed by atoms with Crippen molar-refractivity contribution in [2.75, 3.05) is 5.32 Å². The van der Waals surface area contributed by atoms with Gasteiger partial charge in [-0.15, -0.1) is 5.10 Å². The number of halogens is 1. The van der Waals surface area contributed by atoms with Gasteiger partial charge in [0.15, 0.2) is 5.67 Å². The quantitative estimate of drug-likeness (QED) is 0.874. The van der Waals surface area contributed by atoms with E-state index in [1.807, 2.05) is 6.07 Å². The van der Waals surface area contributed by atoms with Crippen molar-refractivity contribution in [3.63, 3.8) is 0 Å². The number of aromatic amines is 1. The van der Waals surface area contributed by atoms with Crippen molar-refractivity contribution in [1.29, 1.82) is 0 Å². The molecule has 2 N–H and O–H groups in total. The molecule has 6 heteroatoms. The lowest BCUT2D eigenvalue weighted by molar-refractivity contribution is -0.125. The van der Waals surface area contributed by atoms with Gasteiger partial charge in [-0.05, 0) is 26.0 Å². The first kappa shape index (κ1) is 12.2. The van der Waals surface area contributed by atoms with Gasteiger partial charge in [0, 0.05) is 17.4 Å². The second-order valence-corrected chi connectivity index (χ2v) is 4.37. The zero-order valence-electron chi connectivity index (χ0n) is 10.1. The predicted molar refractivity (Wildman–Crippen MR) is 65.6 cm³/mol. The molecule has 0 aliphatic carbocycles. The molecule has 0 spiro atoms. The molecule has 0 radical (unpaired) electrons. The van der Waals surface area contributed by atoms with E-state index in [0.717, 1.165) is 5.56 Å². The fraction of sp³-hybridized carbons (Fsp3) is 0.250. The number of rotatable bonds is 3. The normalized spacial score (nSPS) is 11.3. The van der Waals surface area contributed by atoms with Crippen molar-refractivity contribution in [3.05, 3.63) is 30.5 Å². The van der Waals surface area contributed by atoms with E-state index >= 15 is 0 Å². The lowest BCUT2D eigenvalue weighted by atomic mass is 10.1. The second kappa shape index (κ2) is 4.56. The van der Waals surface area contributed by atoms with Gasteiger partial charge in [-0.1, -0.05) is 17.3 Å². The second-order valence-electron chi connectivity index (χ2n) is 4.37. The third-order valence-electron chi connectivity index (χ3n) is 2.37. The molecule has 1 amide bonds. The summed E-state index contributed by atoms with van der Waals surface area (Å²) in [5.41, 5.74) is 0.0548. The van der Waals surface area contributed by atoms with Gasteiger partial charge in [0.1, 0.15) is 5.69 Å². The molecule has 1 aromatic carbocycles. The average molecular weight is 248 g/mol. The molecule has 1 aromatic heterocycles. The van der Waals surface area contributed by atoms with Gasteiger partial charge in [-0.3, -0.25) is 9.89 Å². The molecule has 5 nitrogen and oxygen atoms in total. The molecule has 0 bridgehead atoms. The first-order chi connectivity index (χ1) is 8.47. The Morgan fingerprint density at radius 2 is 2.22 bits per heavy atom. The molecule has 0 atom stereocenters. The van der Waals surface area contributed by atoms with Gasteiger partial charge < -0.3 is 5.32 Å². The number of nitrogens with one attached hydrogen (secondary N) is 2. The Bertz CT molecular complexity index is 545. The number of anilines is 1. The van der Waals surface area contributed by atoms with Crippen LogP contribution in [0.3, 0.4) is 0 Å². The molecule has 0 aliphatic rings. The van der Waals surface area contributed by atoms with Gasteiger partial charge in [-0.25, -0.2) is 4.39 Å². The van der Waals surface area contributed by atoms with Crippen LogP contribution in [0.5, 0.6) is 0 Å². The van der Waals surface area contributed by atoms with E-state index in [9.17, 15) is 9.18 Å². The minimum Gasteiger partial charge on any atom is -0.323 e. The van der Waals surface area contributed by atoms with E-state index in [1.54, 1.807) is 24.4 Å². The molecular weight excluding hydrogens is 235 g/mol. The number of aromatic nitrogens is 3. The Morgan fingerprint density at radius 3 is 2.83 bits per heavy atom. The Labute approximate surface area is 103 Å². The van der Waals surface area contributed by atoms with Crippen molar-refractivity contribution in [1.82, 2.24) is 15.4 Å². The van der Waals surface area contributed by atoms with Crippen LogP contribution >= 0.6 is 0 Å². The summed E-state index contributed by atoms with van der Waals surface area (Å²) >= 11 is 0. The minimum atomic E-state index is -1.91. The van der Waals surface area contributed by atoms with E-state index in [2.05, 4.69) is 20.7 Å². The van der Waals surface area contributed by atoms with Crippen molar-refractivity contribution in [3.8, 4) is 11.3 Å². The summed E-state index contributed by atoms with van der Waals surface area (Å²) in [5.74, 6) is -0.681. The van der Waals surface area contributed by atoms with Crippen LogP contribution in [0.25, 0.3) is 11.3 Å². The molecule has 1 heterocycles. The first-order valence-electron chi connectivity index (χ1n) is 5.44. The smallest absolute Gasteiger partial charge is 0.261 e. The maximum absolute atomic E-state index is 13.4. The monoisotopic (exact) mass is 248 g/mol. The summed E-state index contributed by atoms with van der Waals surface area (Å²) < 4.78 is 13.4. The first-order valence-corrected chi connectivity index (χ1v) is 5.44. The summed E-state index contributed by atoms with van der Waals surface area (Å²) in [4.78, 5) is 11.5. The Morgan fingerprint density at radius 1 is 1.44 bits per heavy atom. The standard InChI is InChI=1S/C12H13FN4O/c1-12(2,13)11(18)15-9-5-3-4-8(6-9)10-7-14-17-16-10/h3-7H,1-2H3,(H,15,18)(H,14,16,17). The molecule has 2 aromatic rings. The number of amides is 1. The van der Waals surface area contributed by atoms with Crippen molar-refractivity contribution in [2.24, 2.45) is 0 Å². The summed E-state index contributed by atoms with van der Waals surface area (Å²) in [6, 6.07) is 6.98. The van der Waals surface area contributed by atoms with Gasteiger partial charge in [0.05, 0.1) is 0 Å². The van der Waals surface area contributed by atoms with E-state index in [1.165, 1.54) is 13.8 Å². The molecular formula is C12H13FN4O. The molecule has 94 valence electrons. The third kappa shape index (κ3) is 2.71. The van der Waals surface area contributed by atoms with Gasteiger partial charge in [-0.2, -0.15) is 0 Å². The van der Waals surface area contributed by atoms with Crippen LogP contribution in [-0.2, 0) is 4.79 Å². The summed E-state index contributed by atoms with van der Waals surface area (Å²) in [5, 5.41) is 12.6. The maximum atomic E-state index is 13.4. The summed E-state index contributed by atoms with van der Waals surface area (Å²) in [6.07, 6.45) is 1.64. The van der Waals surface area contributed by atoms with Crippen molar-refractivity contribution in [2.45, 2.75) is 19.5 Å². The maximum Gasteiger partial charge on any atom is 0.261 e. The number of alkyl halides is 1. The zero-order chi connectivity index (χ0) is 13.2. The van der Waals surface area contributed by atoms with Crippen molar-refractivity contribution >= 4 is 11.6 Å². The van der Waals surface area contributed by atoms with Gasteiger partial charge in [0.2, 0.25) is 0 Å². The van der Waals surface area contributed by atoms with E-state index in [0.29, 0.717) is 11.4 Å². The fourth-order valence-electron chi connectivity index (χ4n) is 1.38. The van der Waals surface area contributed by atoms with Crippen LogP contribution in [-0.4, -0.2) is 27.0 Å². The fourth-order valence-corrected chi connectivity index (χ4v) is 1.38. The highest BCUT2D eigenvalue weighted by atomic mass is 19.1. The average Bonchev–Trinajstić information content (AvgIpc) is 2.81. The Kier molecular flexibility index (Phi) is 3.10. The van der Waals surface area contributed by atoms with Gasteiger partial charge >= 0.3 is 0 Å². The topological polar surface area (TPSA) is 70.7 Å². The van der Waals surface area contributed by atoms with Gasteiger partial charge in [0.25, 0.3) is 5.91 Å². The van der Waals surface area contributed by atoms with Crippen LogP contribution in [0.15, 0.2) is 30.5 Å². The number of carbonyl (C=O) groups is 1. The largest absolute Gasteiger partial charge is 0.323 e. The number of H-pyrrole nitrogens is 1. The van der Waals surface area contributed by atoms with Crippen LogP contribution in [0.2, 0.25) is 0 Å². The molecule has 18 heavy (non-hydrogen) atoms. The number of carbonyl (C=O) groups excluding carboxylic acids is 1. The number of hydrogen-bond donors (Lipinski definition) is 2. The SMILES string of the molecule is CC(C)(F)C(=O)Nc1cccc(-c2c[nH]nn2)c1. The van der Waals surface area contributed by atoms with Crippen LogP contribution in [0, 0.1) is 0 Å². The highest BCUT2D eigenvalue weighted by molar-refractivity contribution is 5.97. The molecule has 0 unspecified atom stereocenters. The Hall–Kier alpha value is -2.24. The summed E-state index contributed by atoms with van der Waals surface area (Å²) in [7, 11) is 0. The third-order valence-corrected chi connectivity index (χ3v) is 2.37. The lowest BCUT2D eigenvalue weighted by Crippen LogP contribution is -2.32. The number of nitrogens with zero attached hydrogens (tertiary/aromatic N) is 2. The Balaban J connectivity index is 2.21. The van der Waals surface area contributed by atoms with Crippen molar-refractivity contribution < 1.29 is 9.18 Å². The van der Waals surface area contributed by atoms with E-state index < -0.39 is 11.6 Å². The molecule has 0 aliphatic heterocycles. The van der Waals surface area contributed by atoms with E-state index in [4.69, 9.17) is 0 Å². The predicted octanol–water partition coefficient (Wildman–Crippen LogP) is 2.16. The minimum absolute atomic E-state index is 0.520. The highest BCUT2D eigenvalue weighted by Crippen LogP contribution is 2.21. The lowest BCUT2D eigenvalue weighted by Gasteiger charge is -2.14.